The third-order valence-electron chi connectivity index (χ3n) is 5.34. The summed E-state index contributed by atoms with van der Waals surface area (Å²) in [5, 5.41) is 6.30. The molecule has 0 radical (unpaired) electrons. The van der Waals surface area contributed by atoms with Crippen molar-refractivity contribution in [1.82, 2.24) is 14.4 Å². The SMILES string of the molecule is C=C1C(C)=NC=C(C)N1/N=C(\N)C1CC1c1nc2c(OC)cc(F)cn2c1C. The Kier molecular flexibility index (Phi) is 4.21. The van der Waals surface area contributed by atoms with Gasteiger partial charge in [0.15, 0.2) is 11.4 Å². The summed E-state index contributed by atoms with van der Waals surface area (Å²) in [5.41, 5.74) is 11.1. The van der Waals surface area contributed by atoms with Crippen molar-refractivity contribution in [2.24, 2.45) is 21.7 Å². The van der Waals surface area contributed by atoms with Crippen LogP contribution in [0.15, 0.2) is 46.5 Å². The van der Waals surface area contributed by atoms with E-state index in [9.17, 15) is 4.39 Å². The normalized spacial score (nSPS) is 22.4. The monoisotopic (exact) mass is 382 g/mol. The molecule has 1 fully saturated rings. The van der Waals surface area contributed by atoms with E-state index in [0.717, 1.165) is 29.2 Å². The molecule has 3 heterocycles. The first kappa shape index (κ1) is 18.2. The molecule has 2 N–H and O–H groups in total. The number of hydrazone groups is 1. The molecule has 2 unspecified atom stereocenters. The lowest BCUT2D eigenvalue weighted by molar-refractivity contribution is 0.412. The van der Waals surface area contributed by atoms with Crippen LogP contribution in [0.3, 0.4) is 0 Å². The number of aromatic nitrogens is 2. The number of pyridine rings is 1. The van der Waals surface area contributed by atoms with Crippen LogP contribution in [0.4, 0.5) is 4.39 Å². The molecule has 4 rings (SSSR count). The van der Waals surface area contributed by atoms with Gasteiger partial charge in [0.05, 0.1) is 29.9 Å². The van der Waals surface area contributed by atoms with Crippen LogP contribution in [-0.2, 0) is 0 Å². The van der Waals surface area contributed by atoms with E-state index in [4.69, 9.17) is 15.5 Å². The lowest BCUT2D eigenvalue weighted by Gasteiger charge is -2.25. The zero-order valence-corrected chi connectivity index (χ0v) is 16.4. The third kappa shape index (κ3) is 2.85. The lowest BCUT2D eigenvalue weighted by atomic mass is 10.2. The zero-order chi connectivity index (χ0) is 20.2. The molecule has 0 saturated heterocycles. The van der Waals surface area contributed by atoms with Crippen LogP contribution in [0.25, 0.3) is 5.65 Å². The van der Waals surface area contributed by atoms with Gasteiger partial charge >= 0.3 is 0 Å². The van der Waals surface area contributed by atoms with Gasteiger partial charge in [-0.25, -0.2) is 14.4 Å². The number of nitrogens with zero attached hydrogens (tertiary/aromatic N) is 5. The van der Waals surface area contributed by atoms with Gasteiger partial charge < -0.3 is 10.5 Å². The minimum absolute atomic E-state index is 0.0826. The van der Waals surface area contributed by atoms with Crippen LogP contribution in [0.1, 0.15) is 37.6 Å². The maximum Gasteiger partial charge on any atom is 0.180 e. The van der Waals surface area contributed by atoms with Crippen molar-refractivity contribution in [2.45, 2.75) is 33.1 Å². The Morgan fingerprint density at radius 1 is 1.39 bits per heavy atom. The van der Waals surface area contributed by atoms with E-state index in [1.165, 1.54) is 19.4 Å². The van der Waals surface area contributed by atoms with Crippen LogP contribution < -0.4 is 10.5 Å². The summed E-state index contributed by atoms with van der Waals surface area (Å²) in [7, 11) is 1.51. The van der Waals surface area contributed by atoms with Crippen molar-refractivity contribution in [3.8, 4) is 5.75 Å². The first-order chi connectivity index (χ1) is 13.3. The molecule has 0 bridgehead atoms. The highest BCUT2D eigenvalue weighted by molar-refractivity contribution is 5.98. The molecule has 146 valence electrons. The molecule has 8 heteroatoms. The van der Waals surface area contributed by atoms with Crippen molar-refractivity contribution < 1.29 is 9.13 Å². The molecule has 1 saturated carbocycles. The number of rotatable bonds is 4. The Labute approximate surface area is 162 Å². The van der Waals surface area contributed by atoms with E-state index < -0.39 is 0 Å². The van der Waals surface area contributed by atoms with Gasteiger partial charge in [0.2, 0.25) is 0 Å². The van der Waals surface area contributed by atoms with Crippen molar-refractivity contribution in [2.75, 3.05) is 7.11 Å². The van der Waals surface area contributed by atoms with Crippen LogP contribution in [0, 0.1) is 18.7 Å². The Morgan fingerprint density at radius 2 is 2.14 bits per heavy atom. The number of aryl methyl sites for hydroxylation is 1. The summed E-state index contributed by atoms with van der Waals surface area (Å²) in [5.74, 6) is 0.803. The molecule has 7 nitrogen and oxygen atoms in total. The molecule has 28 heavy (non-hydrogen) atoms. The summed E-state index contributed by atoms with van der Waals surface area (Å²) in [6, 6.07) is 1.34. The smallest absolute Gasteiger partial charge is 0.180 e. The predicted octanol–water partition coefficient (Wildman–Crippen LogP) is 3.32. The predicted molar refractivity (Wildman–Crippen MR) is 107 cm³/mol. The van der Waals surface area contributed by atoms with E-state index in [1.807, 2.05) is 20.8 Å². The molecule has 1 aliphatic heterocycles. The van der Waals surface area contributed by atoms with E-state index in [0.29, 0.717) is 22.9 Å². The average molecular weight is 382 g/mol. The molecule has 0 aromatic carbocycles. The highest BCUT2D eigenvalue weighted by atomic mass is 19.1. The number of hydrogen-bond acceptors (Lipinski definition) is 5. The van der Waals surface area contributed by atoms with Crippen LogP contribution in [-0.4, -0.2) is 33.1 Å². The third-order valence-corrected chi connectivity index (χ3v) is 5.34. The van der Waals surface area contributed by atoms with Gasteiger partial charge in [-0.1, -0.05) is 6.58 Å². The number of methoxy groups -OCH3 is 1. The van der Waals surface area contributed by atoms with Gasteiger partial charge in [-0.2, -0.15) is 5.10 Å². The second-order valence-electron chi connectivity index (χ2n) is 7.22. The highest BCUT2D eigenvalue weighted by Gasteiger charge is 2.44. The molecule has 2 atom stereocenters. The summed E-state index contributed by atoms with van der Waals surface area (Å²) >= 11 is 0. The fourth-order valence-corrected chi connectivity index (χ4v) is 3.55. The number of hydrogen-bond donors (Lipinski definition) is 1. The topological polar surface area (TPSA) is 80.5 Å². The Morgan fingerprint density at radius 3 is 2.86 bits per heavy atom. The molecular weight excluding hydrogens is 359 g/mol. The second kappa shape index (κ2) is 6.47. The lowest BCUT2D eigenvalue weighted by Crippen LogP contribution is -2.27. The fraction of sp³-hybridized carbons (Fsp3) is 0.350. The van der Waals surface area contributed by atoms with Crippen molar-refractivity contribution in [1.29, 1.82) is 0 Å². The fourth-order valence-electron chi connectivity index (χ4n) is 3.55. The van der Waals surface area contributed by atoms with E-state index in [2.05, 4.69) is 16.7 Å². The minimum atomic E-state index is -0.368. The van der Waals surface area contributed by atoms with Gasteiger partial charge in [-0.15, -0.1) is 0 Å². The van der Waals surface area contributed by atoms with Crippen molar-refractivity contribution in [3.63, 3.8) is 0 Å². The molecule has 2 aromatic rings. The summed E-state index contributed by atoms with van der Waals surface area (Å²) in [4.78, 5) is 8.99. The van der Waals surface area contributed by atoms with Crippen LogP contribution in [0.2, 0.25) is 0 Å². The average Bonchev–Trinajstić information content (AvgIpc) is 3.40. The first-order valence-corrected chi connectivity index (χ1v) is 9.08. The molecule has 2 aromatic heterocycles. The quantitative estimate of drug-likeness (QED) is 0.650. The summed E-state index contributed by atoms with van der Waals surface area (Å²) in [6.45, 7) is 9.76. The Bertz CT molecular complexity index is 1080. The first-order valence-electron chi connectivity index (χ1n) is 9.08. The van der Waals surface area contributed by atoms with Gasteiger partial charge in [0.25, 0.3) is 0 Å². The molecule has 0 spiro atoms. The number of halogens is 1. The van der Waals surface area contributed by atoms with E-state index in [1.54, 1.807) is 15.6 Å². The van der Waals surface area contributed by atoms with E-state index in [-0.39, 0.29) is 17.7 Å². The summed E-state index contributed by atoms with van der Waals surface area (Å²) < 4.78 is 20.9. The number of fused-ring (bicyclic) bond motifs is 1. The number of allylic oxidation sites excluding steroid dienone is 2. The molecule has 1 aliphatic carbocycles. The minimum Gasteiger partial charge on any atom is -0.493 e. The van der Waals surface area contributed by atoms with Gasteiger partial charge in [0, 0.05) is 36.0 Å². The number of aliphatic imine (C=N–C) groups is 1. The van der Waals surface area contributed by atoms with Gasteiger partial charge in [-0.3, -0.25) is 9.39 Å². The summed E-state index contributed by atoms with van der Waals surface area (Å²) in [6.07, 6.45) is 4.02. The van der Waals surface area contributed by atoms with Gasteiger partial charge in [-0.05, 0) is 27.2 Å². The standard InChI is InChI=1S/C20H23FN6O/c1-10-8-23-11(2)12(3)27(10)25-19(22)16-7-15(16)18-13(4)26-9-14(21)6-17(28-5)20(26)24-18/h6,8-9,15-16H,3,7H2,1-2,4-5H3,(H2,22,25). The number of nitrogens with two attached hydrogens (primary N) is 1. The molecule has 2 aliphatic rings. The Hall–Kier alpha value is -3.16. The van der Waals surface area contributed by atoms with Crippen molar-refractivity contribution >= 4 is 17.2 Å². The van der Waals surface area contributed by atoms with Crippen LogP contribution >= 0.6 is 0 Å². The maximum absolute atomic E-state index is 13.9. The van der Waals surface area contributed by atoms with Crippen molar-refractivity contribution in [3.05, 3.63) is 53.6 Å². The highest BCUT2D eigenvalue weighted by Crippen LogP contribution is 2.48. The Balaban J connectivity index is 1.62. The number of imidazole rings is 1. The molecule has 0 amide bonds. The second-order valence-corrected chi connectivity index (χ2v) is 7.22. The van der Waals surface area contributed by atoms with Gasteiger partial charge in [0.1, 0.15) is 11.7 Å². The number of amidine groups is 1. The van der Waals surface area contributed by atoms with Crippen LogP contribution in [0.5, 0.6) is 5.75 Å². The zero-order valence-electron chi connectivity index (χ0n) is 16.4. The maximum atomic E-state index is 13.9. The number of ether oxygens (including phenoxy) is 1. The molecular formula is C20H23FN6O. The van der Waals surface area contributed by atoms with E-state index >= 15 is 0 Å². The largest absolute Gasteiger partial charge is 0.493 e.